The Kier molecular flexibility index (Phi) is 6.12. The van der Waals surface area contributed by atoms with Gasteiger partial charge in [-0.25, -0.2) is 4.98 Å². The third-order valence-electron chi connectivity index (χ3n) is 4.45. The molecule has 3 aromatic carbocycles. The van der Waals surface area contributed by atoms with Gasteiger partial charge in [-0.1, -0.05) is 54.1 Å². The van der Waals surface area contributed by atoms with E-state index in [1.165, 1.54) is 0 Å². The van der Waals surface area contributed by atoms with Crippen LogP contribution in [0.1, 0.15) is 6.92 Å². The topological polar surface area (TPSA) is 51.2 Å². The lowest BCUT2D eigenvalue weighted by Crippen LogP contribution is -2.30. The number of thiazole rings is 1. The fourth-order valence-corrected chi connectivity index (χ4v) is 3.85. The number of rotatable bonds is 6. The van der Waals surface area contributed by atoms with Crippen molar-refractivity contribution >= 4 is 34.5 Å². The quantitative estimate of drug-likeness (QED) is 0.375. The van der Waals surface area contributed by atoms with Crippen LogP contribution >= 0.6 is 22.9 Å². The van der Waals surface area contributed by atoms with E-state index in [0.29, 0.717) is 16.5 Å². The van der Waals surface area contributed by atoms with Gasteiger partial charge in [0, 0.05) is 27.2 Å². The second-order valence-corrected chi connectivity index (χ2v) is 7.98. The number of amides is 1. The van der Waals surface area contributed by atoms with Gasteiger partial charge in [-0.2, -0.15) is 0 Å². The van der Waals surface area contributed by atoms with Crippen molar-refractivity contribution in [2.45, 2.75) is 13.0 Å². The zero-order valence-electron chi connectivity index (χ0n) is 16.2. The number of carbonyl (C=O) groups excluding carboxylic acids is 1. The normalized spacial score (nSPS) is 11.7. The van der Waals surface area contributed by atoms with Gasteiger partial charge in [-0.3, -0.25) is 4.79 Å². The lowest BCUT2D eigenvalue weighted by atomic mass is 10.1. The molecule has 6 heteroatoms. The lowest BCUT2D eigenvalue weighted by molar-refractivity contribution is -0.122. The van der Waals surface area contributed by atoms with Crippen molar-refractivity contribution in [2.75, 3.05) is 5.32 Å². The summed E-state index contributed by atoms with van der Waals surface area (Å²) in [6.07, 6.45) is -0.619. The molecule has 1 atom stereocenters. The van der Waals surface area contributed by atoms with Gasteiger partial charge in [0.2, 0.25) is 0 Å². The zero-order chi connectivity index (χ0) is 20.9. The molecule has 1 unspecified atom stereocenters. The number of hydrogen-bond donors (Lipinski definition) is 1. The maximum atomic E-state index is 12.5. The highest BCUT2D eigenvalue weighted by Crippen LogP contribution is 2.30. The van der Waals surface area contributed by atoms with Crippen molar-refractivity contribution in [3.8, 4) is 27.6 Å². The zero-order valence-corrected chi connectivity index (χ0v) is 17.8. The molecule has 0 fully saturated rings. The van der Waals surface area contributed by atoms with Crippen molar-refractivity contribution in [3.05, 3.63) is 89.3 Å². The maximum Gasteiger partial charge on any atom is 0.265 e. The molecule has 0 aliphatic carbocycles. The summed E-state index contributed by atoms with van der Waals surface area (Å²) in [7, 11) is 0. The summed E-state index contributed by atoms with van der Waals surface area (Å²) in [5, 5.41) is 6.54. The van der Waals surface area contributed by atoms with Crippen LogP contribution in [0.25, 0.3) is 21.8 Å². The fourth-order valence-electron chi connectivity index (χ4n) is 2.89. The van der Waals surface area contributed by atoms with E-state index < -0.39 is 6.10 Å². The van der Waals surface area contributed by atoms with Crippen molar-refractivity contribution < 1.29 is 9.53 Å². The summed E-state index contributed by atoms with van der Waals surface area (Å²) in [6.45, 7) is 1.73. The minimum atomic E-state index is -0.619. The van der Waals surface area contributed by atoms with Crippen molar-refractivity contribution in [1.82, 2.24) is 4.98 Å². The van der Waals surface area contributed by atoms with E-state index in [1.807, 2.05) is 84.2 Å². The van der Waals surface area contributed by atoms with Crippen molar-refractivity contribution in [1.29, 1.82) is 0 Å². The third kappa shape index (κ3) is 4.87. The highest BCUT2D eigenvalue weighted by atomic mass is 35.5. The van der Waals surface area contributed by atoms with Gasteiger partial charge in [-0.05, 0) is 43.3 Å². The third-order valence-corrected chi connectivity index (χ3v) is 5.59. The Hall–Kier alpha value is -3.15. The van der Waals surface area contributed by atoms with Gasteiger partial charge in [0.1, 0.15) is 10.8 Å². The number of nitrogens with zero attached hydrogens (tertiary/aromatic N) is 1. The van der Waals surface area contributed by atoms with E-state index in [9.17, 15) is 4.79 Å². The van der Waals surface area contributed by atoms with Crippen molar-refractivity contribution in [3.63, 3.8) is 0 Å². The van der Waals surface area contributed by atoms with E-state index in [2.05, 4.69) is 5.32 Å². The average Bonchev–Trinajstić information content (AvgIpc) is 3.25. The summed E-state index contributed by atoms with van der Waals surface area (Å²) in [5.41, 5.74) is 3.50. The van der Waals surface area contributed by atoms with Crippen LogP contribution in [-0.4, -0.2) is 17.0 Å². The first-order chi connectivity index (χ1) is 14.6. The first kappa shape index (κ1) is 20.1. The number of carbonyl (C=O) groups is 1. The van der Waals surface area contributed by atoms with E-state index in [0.717, 1.165) is 21.8 Å². The number of ether oxygens (including phenoxy) is 1. The number of nitrogens with one attached hydrogen (secondary N) is 1. The van der Waals surface area contributed by atoms with E-state index in [4.69, 9.17) is 21.3 Å². The van der Waals surface area contributed by atoms with Gasteiger partial charge in [0.05, 0.1) is 5.69 Å². The molecule has 4 nitrogen and oxygen atoms in total. The molecule has 0 radical (unpaired) electrons. The molecule has 0 saturated heterocycles. The Morgan fingerprint density at radius 2 is 1.77 bits per heavy atom. The van der Waals surface area contributed by atoms with Crippen LogP contribution in [0, 0.1) is 0 Å². The van der Waals surface area contributed by atoms with Crippen LogP contribution in [0.4, 0.5) is 5.69 Å². The van der Waals surface area contributed by atoms with Crippen LogP contribution in [0.3, 0.4) is 0 Å². The Morgan fingerprint density at radius 1 is 1.00 bits per heavy atom. The number of benzene rings is 3. The number of hydrogen-bond acceptors (Lipinski definition) is 4. The van der Waals surface area contributed by atoms with E-state index >= 15 is 0 Å². The minimum absolute atomic E-state index is 0.212. The van der Waals surface area contributed by atoms with E-state index in [-0.39, 0.29) is 5.91 Å². The molecular weight excluding hydrogens is 416 g/mol. The first-order valence-corrected chi connectivity index (χ1v) is 10.7. The summed E-state index contributed by atoms with van der Waals surface area (Å²) >= 11 is 7.53. The monoisotopic (exact) mass is 434 g/mol. The highest BCUT2D eigenvalue weighted by Gasteiger charge is 2.15. The molecule has 0 saturated carbocycles. The molecule has 150 valence electrons. The number of aromatic nitrogens is 1. The van der Waals surface area contributed by atoms with E-state index in [1.54, 1.807) is 18.3 Å². The molecule has 1 aromatic heterocycles. The molecule has 1 N–H and O–H groups in total. The Morgan fingerprint density at radius 3 is 2.53 bits per heavy atom. The number of anilines is 1. The molecule has 4 rings (SSSR count). The van der Waals surface area contributed by atoms with Crippen LogP contribution in [0.15, 0.2) is 84.2 Å². The molecule has 0 bridgehead atoms. The molecule has 1 heterocycles. The number of para-hydroxylation sites is 1. The van der Waals surface area contributed by atoms with Gasteiger partial charge >= 0.3 is 0 Å². The smallest absolute Gasteiger partial charge is 0.265 e. The average molecular weight is 435 g/mol. The second-order valence-electron chi connectivity index (χ2n) is 6.69. The van der Waals surface area contributed by atoms with Crippen LogP contribution < -0.4 is 10.1 Å². The maximum absolute atomic E-state index is 12.5. The van der Waals surface area contributed by atoms with Gasteiger partial charge in [0.25, 0.3) is 5.91 Å². The summed E-state index contributed by atoms with van der Waals surface area (Å²) in [5.74, 6) is 0.447. The molecule has 0 spiro atoms. The molecule has 4 aromatic rings. The summed E-state index contributed by atoms with van der Waals surface area (Å²) < 4.78 is 5.69. The van der Waals surface area contributed by atoms with Crippen LogP contribution in [0.2, 0.25) is 5.02 Å². The molecule has 30 heavy (non-hydrogen) atoms. The first-order valence-electron chi connectivity index (χ1n) is 9.43. The molecule has 0 aliphatic rings. The lowest BCUT2D eigenvalue weighted by Gasteiger charge is -2.15. The Balaban J connectivity index is 1.46. The highest BCUT2D eigenvalue weighted by molar-refractivity contribution is 7.13. The summed E-state index contributed by atoms with van der Waals surface area (Å²) in [4.78, 5) is 17.3. The molecule has 0 aliphatic heterocycles. The predicted octanol–water partition coefficient (Wildman–Crippen LogP) is 6.54. The summed E-state index contributed by atoms with van der Waals surface area (Å²) in [6, 6.07) is 24.5. The predicted molar refractivity (Wildman–Crippen MR) is 123 cm³/mol. The second kappa shape index (κ2) is 9.11. The largest absolute Gasteiger partial charge is 0.481 e. The Bertz CT molecular complexity index is 1140. The SMILES string of the molecule is CC(Oc1ccccc1)C(=O)Nc1cccc(-c2csc(-c3ccc(Cl)cc3)n2)c1. The number of halogens is 1. The van der Waals surface area contributed by atoms with Crippen LogP contribution in [0.5, 0.6) is 5.75 Å². The van der Waals surface area contributed by atoms with Crippen LogP contribution in [-0.2, 0) is 4.79 Å². The van der Waals surface area contributed by atoms with Crippen molar-refractivity contribution in [2.24, 2.45) is 0 Å². The minimum Gasteiger partial charge on any atom is -0.481 e. The molecular formula is C24H19ClN2O2S. The standard InChI is InChI=1S/C24H19ClN2O2S/c1-16(29-21-8-3-2-4-9-21)23(28)26-20-7-5-6-18(14-20)22-15-30-24(27-22)17-10-12-19(25)13-11-17/h2-16H,1H3,(H,26,28). The van der Waals surface area contributed by atoms with Gasteiger partial charge in [0.15, 0.2) is 6.10 Å². The molecule has 1 amide bonds. The van der Waals surface area contributed by atoms with Gasteiger partial charge < -0.3 is 10.1 Å². The van der Waals surface area contributed by atoms with Gasteiger partial charge in [-0.15, -0.1) is 11.3 Å². The Labute approximate surface area is 184 Å². The fraction of sp³-hybridized carbons (Fsp3) is 0.0833.